The summed E-state index contributed by atoms with van der Waals surface area (Å²) >= 11 is 0. The Balaban J connectivity index is 1.91. The third kappa shape index (κ3) is 1.72. The summed E-state index contributed by atoms with van der Waals surface area (Å²) in [5, 5.41) is 13.7. The number of rotatable bonds is 2. The number of fused-ring (bicyclic) bond motifs is 3. The molecule has 0 saturated heterocycles. The number of guanidine groups is 1. The van der Waals surface area contributed by atoms with Gasteiger partial charge >= 0.3 is 11.8 Å². The summed E-state index contributed by atoms with van der Waals surface area (Å²) in [6.07, 6.45) is -0.610. The third-order valence-corrected chi connectivity index (χ3v) is 3.46. The minimum absolute atomic E-state index is 0.204. The first-order chi connectivity index (χ1) is 10.6. The zero-order valence-corrected chi connectivity index (χ0v) is 11.2. The molecule has 0 saturated carbocycles. The van der Waals surface area contributed by atoms with Crippen LogP contribution in [0.5, 0.6) is 0 Å². The first-order valence-electron chi connectivity index (χ1n) is 6.50. The van der Waals surface area contributed by atoms with Crippen molar-refractivity contribution in [1.29, 1.82) is 0 Å². The van der Waals surface area contributed by atoms with Crippen LogP contribution in [0.4, 0.5) is 11.8 Å². The molecule has 0 aliphatic carbocycles. The van der Waals surface area contributed by atoms with Crippen LogP contribution in [0.3, 0.4) is 0 Å². The molecule has 1 aromatic carbocycles. The predicted octanol–water partition coefficient (Wildman–Crippen LogP) is 1.24. The van der Waals surface area contributed by atoms with Crippen LogP contribution in [0.1, 0.15) is 11.9 Å². The Labute approximate surface area is 123 Å². The second kappa shape index (κ2) is 4.32. The van der Waals surface area contributed by atoms with E-state index < -0.39 is 11.1 Å². The number of aromatic amines is 1. The Morgan fingerprint density at radius 1 is 1.32 bits per heavy atom. The quantitative estimate of drug-likeness (QED) is 0.373. The first-order valence-corrected chi connectivity index (χ1v) is 6.50. The molecule has 110 valence electrons. The normalized spacial score (nSPS) is 16.9. The largest absolute Gasteiger partial charge is 0.433 e. The molecule has 1 aliphatic rings. The third-order valence-electron chi connectivity index (χ3n) is 3.46. The van der Waals surface area contributed by atoms with Crippen molar-refractivity contribution in [3.05, 3.63) is 52.3 Å². The van der Waals surface area contributed by atoms with E-state index in [1.807, 2.05) is 28.8 Å². The highest BCUT2D eigenvalue weighted by atomic mass is 16.6. The van der Waals surface area contributed by atoms with Crippen molar-refractivity contribution in [2.24, 2.45) is 10.7 Å². The van der Waals surface area contributed by atoms with Gasteiger partial charge in [0.15, 0.2) is 5.76 Å². The molecule has 4 N–H and O–H groups in total. The molecule has 0 fully saturated rings. The van der Waals surface area contributed by atoms with E-state index in [1.165, 1.54) is 12.1 Å². The van der Waals surface area contributed by atoms with E-state index in [0.717, 1.165) is 11.0 Å². The van der Waals surface area contributed by atoms with Gasteiger partial charge in [0.1, 0.15) is 16.0 Å². The summed E-state index contributed by atoms with van der Waals surface area (Å²) in [5.74, 6) is 0.852. The molecule has 2 aromatic heterocycles. The number of imidazole rings is 1. The van der Waals surface area contributed by atoms with Gasteiger partial charge in [0.25, 0.3) is 5.96 Å². The maximum Gasteiger partial charge on any atom is 0.433 e. The Hall–Kier alpha value is -3.36. The Kier molecular flexibility index (Phi) is 2.43. The molecule has 0 amide bonds. The zero-order valence-electron chi connectivity index (χ0n) is 11.2. The predicted molar refractivity (Wildman–Crippen MR) is 77.2 cm³/mol. The van der Waals surface area contributed by atoms with Crippen molar-refractivity contribution in [2.75, 3.05) is 5.32 Å². The van der Waals surface area contributed by atoms with Crippen molar-refractivity contribution in [3.63, 3.8) is 0 Å². The topological polar surface area (TPSA) is 126 Å². The fourth-order valence-corrected chi connectivity index (χ4v) is 2.56. The minimum Gasteiger partial charge on any atom is -0.400 e. The molecule has 22 heavy (non-hydrogen) atoms. The van der Waals surface area contributed by atoms with Crippen LogP contribution in [-0.4, -0.2) is 15.9 Å². The second-order valence-electron chi connectivity index (χ2n) is 4.81. The molecule has 3 heterocycles. The van der Waals surface area contributed by atoms with Gasteiger partial charge in [-0.3, -0.25) is 10.1 Å². The van der Waals surface area contributed by atoms with Crippen LogP contribution < -0.4 is 15.6 Å². The zero-order chi connectivity index (χ0) is 15.3. The number of para-hydroxylation sites is 2. The van der Waals surface area contributed by atoms with E-state index in [4.69, 9.17) is 10.2 Å². The molecule has 0 spiro atoms. The number of hydrogen-bond acceptors (Lipinski definition) is 6. The summed E-state index contributed by atoms with van der Waals surface area (Å²) in [7, 11) is 0. The van der Waals surface area contributed by atoms with Gasteiger partial charge in [0, 0.05) is 0 Å². The van der Waals surface area contributed by atoms with Crippen molar-refractivity contribution >= 4 is 28.8 Å². The number of nitro groups is 1. The van der Waals surface area contributed by atoms with Crippen molar-refractivity contribution in [3.8, 4) is 0 Å². The molecule has 0 unspecified atom stereocenters. The molecule has 1 atom stereocenters. The molecule has 9 nitrogen and oxygen atoms in total. The lowest BCUT2D eigenvalue weighted by Gasteiger charge is -2.15. The lowest BCUT2D eigenvalue weighted by molar-refractivity contribution is -0.676. The van der Waals surface area contributed by atoms with E-state index in [9.17, 15) is 10.1 Å². The van der Waals surface area contributed by atoms with E-state index >= 15 is 0 Å². The fourth-order valence-electron chi connectivity index (χ4n) is 2.56. The number of nitrogens with one attached hydrogen (secondary N) is 2. The lowest BCUT2D eigenvalue weighted by atomic mass is 10.3. The van der Waals surface area contributed by atoms with Crippen LogP contribution in [0.15, 0.2) is 45.8 Å². The number of aromatic nitrogens is 2. The molecular weight excluding hydrogens is 288 g/mol. The fraction of sp³-hybridized carbons (Fsp3) is 0.0769. The Morgan fingerprint density at radius 3 is 2.91 bits per heavy atom. The highest BCUT2D eigenvalue weighted by molar-refractivity contribution is 5.92. The number of aliphatic imine (C=N–C) groups is 1. The molecule has 3 aromatic rings. The molecular formula is C13H11N6O3+. The van der Waals surface area contributed by atoms with Crippen LogP contribution in [0, 0.1) is 10.1 Å². The van der Waals surface area contributed by atoms with Crippen LogP contribution in [-0.2, 0) is 0 Å². The van der Waals surface area contributed by atoms with E-state index in [0.29, 0.717) is 11.7 Å². The minimum atomic E-state index is -0.610. The summed E-state index contributed by atoms with van der Waals surface area (Å²) < 4.78 is 7.13. The summed E-state index contributed by atoms with van der Waals surface area (Å²) in [4.78, 5) is 17.7. The van der Waals surface area contributed by atoms with Gasteiger partial charge in [0.2, 0.25) is 6.17 Å². The number of benzene rings is 1. The van der Waals surface area contributed by atoms with Gasteiger partial charge in [-0.25, -0.2) is 10.3 Å². The van der Waals surface area contributed by atoms with E-state index in [1.54, 1.807) is 0 Å². The van der Waals surface area contributed by atoms with Crippen molar-refractivity contribution in [1.82, 2.24) is 4.98 Å². The number of hydrogen-bond donors (Lipinski definition) is 3. The van der Waals surface area contributed by atoms with E-state index in [2.05, 4.69) is 15.3 Å². The Bertz CT molecular complexity index is 925. The SMILES string of the molecule is NC1=N[C@@H](c2ccc([N+](=O)[O-])o2)[n+]2c([nH]c3ccccc32)N1. The maximum atomic E-state index is 10.8. The molecule has 0 bridgehead atoms. The average molecular weight is 299 g/mol. The number of nitrogens with zero attached hydrogens (tertiary/aromatic N) is 3. The highest BCUT2D eigenvalue weighted by Crippen LogP contribution is 2.27. The second-order valence-corrected chi connectivity index (χ2v) is 4.81. The van der Waals surface area contributed by atoms with Crippen molar-refractivity contribution < 1.29 is 13.9 Å². The van der Waals surface area contributed by atoms with Gasteiger partial charge in [-0.1, -0.05) is 12.1 Å². The lowest BCUT2D eigenvalue weighted by Crippen LogP contribution is -2.47. The van der Waals surface area contributed by atoms with Gasteiger partial charge < -0.3 is 10.2 Å². The molecule has 1 aliphatic heterocycles. The number of anilines is 1. The average Bonchev–Trinajstić information content (AvgIpc) is 3.10. The maximum absolute atomic E-state index is 10.8. The molecule has 0 radical (unpaired) electrons. The summed E-state index contributed by atoms with van der Waals surface area (Å²) in [5.41, 5.74) is 7.57. The van der Waals surface area contributed by atoms with Crippen LogP contribution in [0.2, 0.25) is 0 Å². The summed E-state index contributed by atoms with van der Waals surface area (Å²) in [6, 6.07) is 10.5. The van der Waals surface area contributed by atoms with Crippen molar-refractivity contribution in [2.45, 2.75) is 6.17 Å². The van der Waals surface area contributed by atoms with Crippen LogP contribution in [0.25, 0.3) is 11.0 Å². The standard InChI is InChI=1S/C13H10N6O3/c14-12-16-11(9-5-6-10(22-9)19(20)21)18-8-4-2-1-3-7(8)15-13(18)17-12/h1-6,11H,(H3,14,15,16,17)/p+1/t11-/m1/s1. The van der Waals surface area contributed by atoms with Gasteiger partial charge in [-0.15, -0.1) is 0 Å². The van der Waals surface area contributed by atoms with Gasteiger partial charge in [0.05, 0.1) is 6.07 Å². The summed E-state index contributed by atoms with van der Waals surface area (Å²) in [6.45, 7) is 0. The molecule has 4 rings (SSSR count). The smallest absolute Gasteiger partial charge is 0.400 e. The van der Waals surface area contributed by atoms with E-state index in [-0.39, 0.29) is 11.8 Å². The van der Waals surface area contributed by atoms with Gasteiger partial charge in [-0.05, 0) is 18.2 Å². The monoisotopic (exact) mass is 299 g/mol. The number of nitrogens with two attached hydrogens (primary N) is 1. The highest BCUT2D eigenvalue weighted by Gasteiger charge is 2.33. The number of furan rings is 1. The van der Waals surface area contributed by atoms with Gasteiger partial charge in [-0.2, -0.15) is 9.56 Å². The Morgan fingerprint density at radius 2 is 2.14 bits per heavy atom. The number of H-pyrrole nitrogens is 1. The molecule has 9 heteroatoms. The first kappa shape index (κ1) is 12.4. The van der Waals surface area contributed by atoms with Crippen LogP contribution >= 0.6 is 0 Å².